The van der Waals surface area contributed by atoms with Gasteiger partial charge in [0.25, 0.3) is 6.43 Å². The number of halogens is 2. The number of alkyl halides is 2. The van der Waals surface area contributed by atoms with Gasteiger partial charge in [0.2, 0.25) is 0 Å². The maximum atomic E-state index is 12.3. The summed E-state index contributed by atoms with van der Waals surface area (Å²) in [6, 6.07) is 0. The van der Waals surface area contributed by atoms with Crippen LogP contribution >= 0.6 is 0 Å². The molecule has 0 radical (unpaired) electrons. The first-order chi connectivity index (χ1) is 5.99. The number of rotatable bonds is 4. The van der Waals surface area contributed by atoms with Crippen LogP contribution in [0.15, 0.2) is 29.4 Å². The van der Waals surface area contributed by atoms with Crippen LogP contribution < -0.4 is 0 Å². The zero-order valence-electron chi connectivity index (χ0n) is 8.22. The van der Waals surface area contributed by atoms with Gasteiger partial charge in [-0.15, -0.1) is 0 Å². The van der Waals surface area contributed by atoms with Gasteiger partial charge in [0, 0.05) is 5.71 Å². The molecule has 0 fully saturated rings. The van der Waals surface area contributed by atoms with Crippen molar-refractivity contribution >= 4 is 5.71 Å². The third kappa shape index (κ3) is 4.55. The molecule has 0 bridgehead atoms. The number of hydrogen-bond acceptors (Lipinski definition) is 1. The molecule has 0 spiro atoms. The monoisotopic (exact) mass is 187 g/mol. The van der Waals surface area contributed by atoms with Gasteiger partial charge in [0.1, 0.15) is 5.70 Å². The summed E-state index contributed by atoms with van der Waals surface area (Å²) in [4.78, 5) is 3.82. The Balaban J connectivity index is 4.70. The molecule has 0 rings (SSSR count). The summed E-state index contributed by atoms with van der Waals surface area (Å²) in [7, 11) is 0. The summed E-state index contributed by atoms with van der Waals surface area (Å²) in [5.41, 5.74) is 0.481. The molecule has 0 aromatic heterocycles. The Bertz CT molecular complexity index is 227. The standard InChI is InChI=1S/C10H15F2N/c1-5-6-9(10(11)12)13-8(4)7(2)3/h5-7,10H,1H2,2-4H3/b9-6-,13-8?. The molecule has 3 heteroatoms. The van der Waals surface area contributed by atoms with E-state index >= 15 is 0 Å². The van der Waals surface area contributed by atoms with E-state index in [4.69, 9.17) is 0 Å². The lowest BCUT2D eigenvalue weighted by atomic mass is 10.1. The van der Waals surface area contributed by atoms with Crippen molar-refractivity contribution in [3.63, 3.8) is 0 Å². The van der Waals surface area contributed by atoms with E-state index < -0.39 is 6.43 Å². The first-order valence-electron chi connectivity index (χ1n) is 4.15. The molecule has 0 aliphatic carbocycles. The van der Waals surface area contributed by atoms with Gasteiger partial charge in [-0.1, -0.05) is 26.5 Å². The highest BCUT2D eigenvalue weighted by Crippen LogP contribution is 2.12. The maximum absolute atomic E-state index is 12.3. The van der Waals surface area contributed by atoms with Gasteiger partial charge in [0.05, 0.1) is 0 Å². The minimum absolute atomic E-state index is 0.187. The minimum atomic E-state index is -2.54. The summed E-state index contributed by atoms with van der Waals surface area (Å²) >= 11 is 0. The molecule has 0 atom stereocenters. The van der Waals surface area contributed by atoms with Crippen LogP contribution in [0.25, 0.3) is 0 Å². The van der Waals surface area contributed by atoms with Crippen molar-refractivity contribution in [1.82, 2.24) is 0 Å². The number of hydrogen-bond donors (Lipinski definition) is 0. The second kappa shape index (κ2) is 5.62. The highest BCUT2D eigenvalue weighted by Gasteiger charge is 2.09. The average Bonchev–Trinajstić information content (AvgIpc) is 2.03. The van der Waals surface area contributed by atoms with Crippen LogP contribution in [0.5, 0.6) is 0 Å². The zero-order valence-corrected chi connectivity index (χ0v) is 8.22. The molecule has 0 aliphatic rings. The van der Waals surface area contributed by atoms with Crippen LogP contribution in [0.1, 0.15) is 20.8 Å². The van der Waals surface area contributed by atoms with Gasteiger partial charge >= 0.3 is 0 Å². The Hall–Kier alpha value is -0.990. The molecule has 0 heterocycles. The highest BCUT2D eigenvalue weighted by atomic mass is 19.3. The van der Waals surface area contributed by atoms with Crippen LogP contribution in [-0.4, -0.2) is 12.1 Å². The van der Waals surface area contributed by atoms with Crippen molar-refractivity contribution in [3.05, 3.63) is 24.4 Å². The van der Waals surface area contributed by atoms with Crippen molar-refractivity contribution in [2.75, 3.05) is 0 Å². The maximum Gasteiger partial charge on any atom is 0.280 e. The molecular formula is C10H15F2N. The van der Waals surface area contributed by atoms with Crippen LogP contribution in [-0.2, 0) is 0 Å². The smallest absolute Gasteiger partial charge is 0.256 e. The Morgan fingerprint density at radius 3 is 2.23 bits per heavy atom. The third-order valence-electron chi connectivity index (χ3n) is 1.65. The Labute approximate surface area is 77.9 Å². The third-order valence-corrected chi connectivity index (χ3v) is 1.65. The Morgan fingerprint density at radius 2 is 1.92 bits per heavy atom. The van der Waals surface area contributed by atoms with Gasteiger partial charge in [-0.05, 0) is 18.9 Å². The lowest BCUT2D eigenvalue weighted by Gasteiger charge is -2.05. The van der Waals surface area contributed by atoms with Crippen molar-refractivity contribution in [3.8, 4) is 0 Å². The average molecular weight is 187 g/mol. The fourth-order valence-corrected chi connectivity index (χ4v) is 0.612. The predicted molar refractivity (Wildman–Crippen MR) is 52.2 cm³/mol. The van der Waals surface area contributed by atoms with E-state index in [-0.39, 0.29) is 11.6 Å². The first kappa shape index (κ1) is 12.0. The largest absolute Gasteiger partial charge is 0.280 e. The van der Waals surface area contributed by atoms with Crippen molar-refractivity contribution in [1.29, 1.82) is 0 Å². The predicted octanol–water partition coefficient (Wildman–Crippen LogP) is 3.44. The van der Waals surface area contributed by atoms with Crippen molar-refractivity contribution < 1.29 is 8.78 Å². The topological polar surface area (TPSA) is 12.4 Å². The first-order valence-corrected chi connectivity index (χ1v) is 4.15. The molecule has 0 unspecified atom stereocenters. The quantitative estimate of drug-likeness (QED) is 0.472. The summed E-state index contributed by atoms with van der Waals surface area (Å²) in [6.07, 6.45) is 0.0153. The van der Waals surface area contributed by atoms with E-state index in [9.17, 15) is 8.78 Å². The van der Waals surface area contributed by atoms with Crippen LogP contribution in [0.4, 0.5) is 8.78 Å². The van der Waals surface area contributed by atoms with E-state index in [1.807, 2.05) is 13.8 Å². The molecule has 74 valence electrons. The Kier molecular flexibility index (Phi) is 5.19. The normalized spacial score (nSPS) is 14.1. The molecule has 0 saturated heterocycles. The summed E-state index contributed by atoms with van der Waals surface area (Å²) in [5, 5.41) is 0. The van der Waals surface area contributed by atoms with Crippen LogP contribution in [0, 0.1) is 5.92 Å². The second-order valence-corrected chi connectivity index (χ2v) is 3.04. The number of aliphatic imine (C=N–C) groups is 1. The van der Waals surface area contributed by atoms with Crippen LogP contribution in [0.3, 0.4) is 0 Å². The minimum Gasteiger partial charge on any atom is -0.256 e. The van der Waals surface area contributed by atoms with Gasteiger partial charge in [-0.25, -0.2) is 8.78 Å². The Morgan fingerprint density at radius 1 is 1.38 bits per heavy atom. The second-order valence-electron chi connectivity index (χ2n) is 3.04. The summed E-state index contributed by atoms with van der Waals surface area (Å²) in [5.74, 6) is 0.187. The van der Waals surface area contributed by atoms with E-state index in [1.54, 1.807) is 6.92 Å². The molecular weight excluding hydrogens is 172 g/mol. The number of nitrogens with zero attached hydrogens (tertiary/aromatic N) is 1. The fourth-order valence-electron chi connectivity index (χ4n) is 0.612. The molecule has 0 saturated carbocycles. The lowest BCUT2D eigenvalue weighted by molar-refractivity contribution is 0.188. The van der Waals surface area contributed by atoms with Gasteiger partial charge in [-0.3, -0.25) is 4.99 Å². The molecule has 0 aromatic rings. The molecule has 13 heavy (non-hydrogen) atoms. The highest BCUT2D eigenvalue weighted by molar-refractivity contribution is 5.84. The summed E-state index contributed by atoms with van der Waals surface area (Å²) in [6.45, 7) is 8.92. The van der Waals surface area contributed by atoms with Crippen LogP contribution in [0.2, 0.25) is 0 Å². The fraction of sp³-hybridized carbons (Fsp3) is 0.500. The molecule has 0 aromatic carbocycles. The molecule has 0 amide bonds. The van der Waals surface area contributed by atoms with E-state index in [0.717, 1.165) is 0 Å². The van der Waals surface area contributed by atoms with Gasteiger partial charge < -0.3 is 0 Å². The van der Waals surface area contributed by atoms with Gasteiger partial charge in [0.15, 0.2) is 0 Å². The lowest BCUT2D eigenvalue weighted by Crippen LogP contribution is -2.05. The van der Waals surface area contributed by atoms with Crippen molar-refractivity contribution in [2.45, 2.75) is 27.2 Å². The molecule has 0 aliphatic heterocycles. The molecule has 1 nitrogen and oxygen atoms in total. The number of allylic oxidation sites excluding steroid dienone is 3. The summed E-state index contributed by atoms with van der Waals surface area (Å²) < 4.78 is 24.6. The van der Waals surface area contributed by atoms with Crippen molar-refractivity contribution in [2.24, 2.45) is 10.9 Å². The molecule has 0 N–H and O–H groups in total. The van der Waals surface area contributed by atoms with Gasteiger partial charge in [-0.2, -0.15) is 0 Å². The zero-order chi connectivity index (χ0) is 10.4. The van der Waals surface area contributed by atoms with E-state index in [0.29, 0.717) is 5.71 Å². The SMILES string of the molecule is C=C/C=C(\N=C(C)C(C)C)C(F)F. The van der Waals surface area contributed by atoms with E-state index in [1.165, 1.54) is 12.2 Å². The van der Waals surface area contributed by atoms with E-state index in [2.05, 4.69) is 11.6 Å².